The summed E-state index contributed by atoms with van der Waals surface area (Å²) in [6, 6.07) is 3.53. The van der Waals surface area contributed by atoms with Gasteiger partial charge in [-0.3, -0.25) is 9.69 Å². The smallest absolute Gasteiger partial charge is 0.410 e. The molecule has 4 bridgehead atoms. The number of carbonyl (C=O) groups is 4. The molecule has 11 heteroatoms. The minimum absolute atomic E-state index is 0.0442. The van der Waals surface area contributed by atoms with Gasteiger partial charge in [-0.05, 0) is 35.3 Å². The fourth-order valence-electron chi connectivity index (χ4n) is 5.60. The number of fused-ring (bicyclic) bond motifs is 3. The number of rotatable bonds is 1. The maximum absolute atomic E-state index is 13.7. The van der Waals surface area contributed by atoms with E-state index in [4.69, 9.17) is 14.2 Å². The minimum atomic E-state index is -1.20. The number of ether oxygens (including phenoxy) is 3. The van der Waals surface area contributed by atoms with Crippen LogP contribution in [0.3, 0.4) is 0 Å². The highest BCUT2D eigenvalue weighted by atomic mass is 16.6. The number of alkyl carbamates (subject to hydrolysis) is 1. The molecule has 1 fully saturated rings. The van der Waals surface area contributed by atoms with Gasteiger partial charge in [-0.15, -0.1) is 0 Å². The molecule has 3 heterocycles. The summed E-state index contributed by atoms with van der Waals surface area (Å²) >= 11 is 0. The Balaban J connectivity index is 1.57. The molecular weight excluding hydrogens is 530 g/mol. The van der Waals surface area contributed by atoms with Crippen LogP contribution in [0, 0.1) is 10.8 Å². The van der Waals surface area contributed by atoms with Gasteiger partial charge in [0.1, 0.15) is 23.9 Å². The van der Waals surface area contributed by atoms with Crippen LogP contribution in [0.2, 0.25) is 0 Å². The van der Waals surface area contributed by atoms with Gasteiger partial charge in [0.2, 0.25) is 5.91 Å². The van der Waals surface area contributed by atoms with Crippen molar-refractivity contribution < 1.29 is 38.5 Å². The Morgan fingerprint density at radius 3 is 2.54 bits per heavy atom. The number of cyclic esters (lactones) is 1. The fourth-order valence-corrected chi connectivity index (χ4v) is 5.60. The third-order valence-electron chi connectivity index (χ3n) is 8.02. The number of carboxylic acid groups (broad SMARTS) is 1. The Kier molecular flexibility index (Phi) is 9.03. The third-order valence-corrected chi connectivity index (χ3v) is 8.02. The first-order valence-corrected chi connectivity index (χ1v) is 14.4. The lowest BCUT2D eigenvalue weighted by Crippen LogP contribution is -2.57. The van der Waals surface area contributed by atoms with Crippen molar-refractivity contribution in [3.8, 4) is 5.75 Å². The highest BCUT2D eigenvalue weighted by molar-refractivity contribution is 5.90. The van der Waals surface area contributed by atoms with Gasteiger partial charge in [0.25, 0.3) is 0 Å². The molecule has 1 aromatic carbocycles. The van der Waals surface area contributed by atoms with Gasteiger partial charge in [0.15, 0.2) is 0 Å². The van der Waals surface area contributed by atoms with Crippen molar-refractivity contribution in [3.05, 3.63) is 29.3 Å². The zero-order chi connectivity index (χ0) is 29.9. The molecule has 226 valence electrons. The molecule has 4 rings (SSSR count). The van der Waals surface area contributed by atoms with Crippen LogP contribution in [-0.4, -0.2) is 76.9 Å². The van der Waals surface area contributed by atoms with Crippen molar-refractivity contribution in [2.75, 3.05) is 19.8 Å². The summed E-state index contributed by atoms with van der Waals surface area (Å²) < 4.78 is 17.3. The summed E-state index contributed by atoms with van der Waals surface area (Å²) in [5, 5.41) is 12.6. The van der Waals surface area contributed by atoms with Gasteiger partial charge in [0.05, 0.1) is 26.3 Å². The first-order chi connectivity index (χ1) is 19.2. The number of amides is 3. The molecule has 0 aromatic heterocycles. The van der Waals surface area contributed by atoms with E-state index in [1.54, 1.807) is 25.7 Å². The van der Waals surface area contributed by atoms with E-state index in [9.17, 15) is 24.3 Å². The lowest BCUT2D eigenvalue weighted by atomic mass is 9.85. The van der Waals surface area contributed by atoms with Crippen molar-refractivity contribution in [3.63, 3.8) is 0 Å². The molecule has 1 unspecified atom stereocenters. The molecule has 41 heavy (non-hydrogen) atoms. The maximum atomic E-state index is 13.7. The van der Waals surface area contributed by atoms with E-state index in [1.165, 1.54) is 4.90 Å². The van der Waals surface area contributed by atoms with E-state index < -0.39 is 47.7 Å². The monoisotopic (exact) mass is 573 g/mol. The Morgan fingerprint density at radius 1 is 1.07 bits per heavy atom. The van der Waals surface area contributed by atoms with Crippen LogP contribution in [0.1, 0.15) is 77.8 Å². The number of carboxylic acids is 1. The van der Waals surface area contributed by atoms with Gasteiger partial charge in [-0.25, -0.2) is 14.4 Å². The summed E-state index contributed by atoms with van der Waals surface area (Å²) in [5.41, 5.74) is 0.925. The van der Waals surface area contributed by atoms with E-state index in [1.807, 2.05) is 32.0 Å². The van der Waals surface area contributed by atoms with E-state index in [-0.39, 0.29) is 25.0 Å². The van der Waals surface area contributed by atoms with Crippen LogP contribution in [0.5, 0.6) is 5.75 Å². The zero-order valence-corrected chi connectivity index (χ0v) is 24.7. The van der Waals surface area contributed by atoms with E-state index in [0.29, 0.717) is 19.7 Å². The highest BCUT2D eigenvalue weighted by Gasteiger charge is 2.47. The number of nitrogens with zero attached hydrogens (tertiary/aromatic N) is 2. The average Bonchev–Trinajstić information content (AvgIpc) is 3.52. The van der Waals surface area contributed by atoms with Crippen LogP contribution in [0.15, 0.2) is 18.2 Å². The topological polar surface area (TPSA) is 135 Å². The normalized spacial score (nSPS) is 26.2. The molecule has 1 aromatic rings. The van der Waals surface area contributed by atoms with Gasteiger partial charge in [0, 0.05) is 18.5 Å². The van der Waals surface area contributed by atoms with Gasteiger partial charge in [-0.1, -0.05) is 59.6 Å². The molecule has 2 N–H and O–H groups in total. The lowest BCUT2D eigenvalue weighted by molar-refractivity contribution is -0.150. The number of hydrogen-bond acceptors (Lipinski definition) is 7. The minimum Gasteiger partial charge on any atom is -0.493 e. The van der Waals surface area contributed by atoms with Crippen molar-refractivity contribution in [1.82, 2.24) is 15.1 Å². The lowest BCUT2D eigenvalue weighted by Gasteiger charge is -2.34. The van der Waals surface area contributed by atoms with Crippen LogP contribution in [0.4, 0.5) is 9.59 Å². The largest absolute Gasteiger partial charge is 0.493 e. The predicted octanol–water partition coefficient (Wildman–Crippen LogP) is 4.31. The number of nitrogens with one attached hydrogen (secondary N) is 1. The molecule has 3 aliphatic heterocycles. The first kappa shape index (κ1) is 30.5. The summed E-state index contributed by atoms with van der Waals surface area (Å²) in [7, 11) is 0. The quantitative estimate of drug-likeness (QED) is 0.508. The number of benzene rings is 1. The Morgan fingerprint density at radius 2 is 1.83 bits per heavy atom. The predicted molar refractivity (Wildman–Crippen MR) is 149 cm³/mol. The number of hydrogen-bond donors (Lipinski definition) is 2. The van der Waals surface area contributed by atoms with Gasteiger partial charge >= 0.3 is 18.2 Å². The van der Waals surface area contributed by atoms with E-state index in [2.05, 4.69) is 5.32 Å². The zero-order valence-electron chi connectivity index (χ0n) is 24.7. The first-order valence-electron chi connectivity index (χ1n) is 14.4. The van der Waals surface area contributed by atoms with Crippen LogP contribution in [-0.2, 0) is 32.2 Å². The van der Waals surface area contributed by atoms with Crippen LogP contribution < -0.4 is 10.1 Å². The fraction of sp³-hybridized carbons (Fsp3) is 0.667. The molecule has 0 saturated carbocycles. The molecule has 3 aliphatic rings. The second-order valence-electron chi connectivity index (χ2n) is 13.2. The molecule has 0 spiro atoms. The van der Waals surface area contributed by atoms with Crippen molar-refractivity contribution in [2.45, 2.75) is 98.0 Å². The highest BCUT2D eigenvalue weighted by Crippen LogP contribution is 2.33. The molecule has 3 atom stereocenters. The Bertz CT molecular complexity index is 1160. The van der Waals surface area contributed by atoms with E-state index >= 15 is 0 Å². The molecule has 0 radical (unpaired) electrons. The maximum Gasteiger partial charge on any atom is 0.410 e. The molecule has 11 nitrogen and oxygen atoms in total. The second-order valence-corrected chi connectivity index (χ2v) is 13.2. The van der Waals surface area contributed by atoms with Gasteiger partial charge in [-0.2, -0.15) is 0 Å². The Hall–Kier alpha value is -3.50. The van der Waals surface area contributed by atoms with Crippen LogP contribution in [0.25, 0.3) is 0 Å². The summed E-state index contributed by atoms with van der Waals surface area (Å²) in [6.07, 6.45) is 1.43. The molecule has 3 amide bonds. The summed E-state index contributed by atoms with van der Waals surface area (Å²) in [6.45, 7) is 10.7. The molecule has 1 saturated heterocycles. The standard InChI is InChI=1S/C30H43N3O8/c1-29(2,3)24-25(34)33-16-20(14-22(33)26(35)36)41-28(38)32-15-19-10-9-11-23(21(19)17-32)39-13-8-6-7-12-30(4,5)18-40-27(37)31-24/h9-11,20,22,24H,6-8,12-18H2,1-5H3,(H,31,37)(H,35,36)/t20-,22?,24-/m1/s1. The molecular formula is C30H43N3O8. The number of aliphatic carboxylic acids is 1. The van der Waals surface area contributed by atoms with Gasteiger partial charge < -0.3 is 29.5 Å². The SMILES string of the molecule is CC1(C)CCCCCOc2cccc3c2CN(C3)C(=O)O[C@@H]2CC(C(=O)O)N(C2)C(=O)[C@H](C(C)(C)C)NC(=O)OC1. The summed E-state index contributed by atoms with van der Waals surface area (Å²) in [5.74, 6) is -1.01. The number of carbonyl (C=O) groups excluding carboxylic acids is 3. The van der Waals surface area contributed by atoms with Crippen molar-refractivity contribution in [2.24, 2.45) is 10.8 Å². The van der Waals surface area contributed by atoms with Crippen molar-refractivity contribution in [1.29, 1.82) is 0 Å². The Labute approximate surface area is 241 Å². The average molecular weight is 574 g/mol. The molecule has 0 aliphatic carbocycles. The second kappa shape index (κ2) is 12.2. The third kappa shape index (κ3) is 7.42. The van der Waals surface area contributed by atoms with Crippen molar-refractivity contribution >= 4 is 24.1 Å². The van der Waals surface area contributed by atoms with Crippen LogP contribution >= 0.6 is 0 Å². The van der Waals surface area contributed by atoms with E-state index in [0.717, 1.165) is 42.6 Å². The summed E-state index contributed by atoms with van der Waals surface area (Å²) in [4.78, 5) is 54.6.